The van der Waals surface area contributed by atoms with E-state index in [0.717, 1.165) is 10.5 Å². The van der Waals surface area contributed by atoms with Crippen molar-refractivity contribution in [3.8, 4) is 5.69 Å². The van der Waals surface area contributed by atoms with Gasteiger partial charge in [-0.2, -0.15) is 0 Å². The lowest BCUT2D eigenvalue weighted by atomic mass is 9.99. The van der Waals surface area contributed by atoms with Gasteiger partial charge in [0.1, 0.15) is 12.2 Å². The summed E-state index contributed by atoms with van der Waals surface area (Å²) in [4.78, 5) is 24.8. The summed E-state index contributed by atoms with van der Waals surface area (Å²) in [7, 11) is 0. The number of carbonyl (C=O) groups excluding carboxylic acids is 1. The highest BCUT2D eigenvalue weighted by molar-refractivity contribution is 5.83. The fourth-order valence-corrected chi connectivity index (χ4v) is 2.81. The molecule has 0 saturated carbocycles. The van der Waals surface area contributed by atoms with Gasteiger partial charge in [-0.1, -0.05) is 17.4 Å². The molecule has 0 bridgehead atoms. The maximum atomic E-state index is 12.8. The lowest BCUT2D eigenvalue weighted by molar-refractivity contribution is -0.147. The van der Waals surface area contributed by atoms with Crippen molar-refractivity contribution in [1.82, 2.24) is 19.9 Å². The quantitative estimate of drug-likeness (QED) is 0.462. The second kappa shape index (κ2) is 9.76. The van der Waals surface area contributed by atoms with Crippen molar-refractivity contribution in [2.75, 3.05) is 12.3 Å². The van der Waals surface area contributed by atoms with Crippen molar-refractivity contribution in [2.45, 2.75) is 32.7 Å². The molecule has 156 valence electrons. The molecule has 0 fully saturated rings. The third kappa shape index (κ3) is 6.09. The van der Waals surface area contributed by atoms with Gasteiger partial charge in [0.15, 0.2) is 0 Å². The Morgan fingerprint density at radius 2 is 2.14 bits per heavy atom. The van der Waals surface area contributed by atoms with Gasteiger partial charge >= 0.3 is 5.97 Å². The molecule has 1 amide bonds. The molecule has 0 saturated heterocycles. The number of aromatic nitrogens is 3. The molecule has 2 aromatic rings. The van der Waals surface area contributed by atoms with E-state index in [0.29, 0.717) is 17.1 Å². The van der Waals surface area contributed by atoms with Crippen LogP contribution in [0.5, 0.6) is 0 Å². The predicted octanol–water partition coefficient (Wildman–Crippen LogP) is 2.42. The van der Waals surface area contributed by atoms with E-state index in [9.17, 15) is 18.4 Å². The molecular weight excluding hydrogens is 384 g/mol. The standard InChI is InChI=1S/C19H23F2N5O3/c1-3-4-13(7-17(20)21)19(29)25(11-18(27)28)9-14-10-26(24-23-14)15-6-5-12(2)16(22)8-15/h3,5-6,8,10,13,17H,1,4,7,9,11,22H2,2H3,(H,27,28). The third-order valence-electron chi connectivity index (χ3n) is 4.32. The van der Waals surface area contributed by atoms with Crippen molar-refractivity contribution >= 4 is 17.6 Å². The molecule has 1 heterocycles. The lowest BCUT2D eigenvalue weighted by Gasteiger charge is -2.24. The lowest BCUT2D eigenvalue weighted by Crippen LogP contribution is -2.39. The maximum Gasteiger partial charge on any atom is 0.323 e. The first kappa shape index (κ1) is 22.0. The summed E-state index contributed by atoms with van der Waals surface area (Å²) >= 11 is 0. The number of carbonyl (C=O) groups is 2. The topological polar surface area (TPSA) is 114 Å². The Balaban J connectivity index is 2.22. The number of nitrogens with two attached hydrogens (primary N) is 1. The summed E-state index contributed by atoms with van der Waals surface area (Å²) in [5.41, 5.74) is 8.32. The Hall–Kier alpha value is -3.30. The van der Waals surface area contributed by atoms with Gasteiger partial charge in [-0.15, -0.1) is 11.7 Å². The van der Waals surface area contributed by atoms with E-state index in [2.05, 4.69) is 16.9 Å². The van der Waals surface area contributed by atoms with Crippen LogP contribution in [0.15, 0.2) is 37.1 Å². The molecule has 29 heavy (non-hydrogen) atoms. The Labute approximate surface area is 166 Å². The largest absolute Gasteiger partial charge is 0.480 e. The number of benzene rings is 1. The Morgan fingerprint density at radius 3 is 2.72 bits per heavy atom. The maximum absolute atomic E-state index is 12.8. The van der Waals surface area contributed by atoms with Gasteiger partial charge in [0.25, 0.3) is 0 Å². The number of hydrogen-bond donors (Lipinski definition) is 2. The zero-order chi connectivity index (χ0) is 21.6. The number of anilines is 1. The van der Waals surface area contributed by atoms with E-state index in [1.165, 1.54) is 17.0 Å². The van der Waals surface area contributed by atoms with Crippen LogP contribution in [0.3, 0.4) is 0 Å². The van der Waals surface area contributed by atoms with Crippen molar-refractivity contribution in [1.29, 1.82) is 0 Å². The fraction of sp³-hybridized carbons (Fsp3) is 0.368. The number of aryl methyl sites for hydroxylation is 1. The van der Waals surface area contributed by atoms with Gasteiger partial charge in [-0.3, -0.25) is 9.59 Å². The van der Waals surface area contributed by atoms with E-state index in [-0.39, 0.29) is 13.0 Å². The number of nitrogen functional groups attached to an aromatic ring is 1. The van der Waals surface area contributed by atoms with Crippen LogP contribution in [0, 0.1) is 12.8 Å². The van der Waals surface area contributed by atoms with Crippen LogP contribution in [0.2, 0.25) is 0 Å². The number of nitrogens with zero attached hydrogens (tertiary/aromatic N) is 4. The van der Waals surface area contributed by atoms with Crippen LogP contribution in [-0.4, -0.2) is 49.8 Å². The predicted molar refractivity (Wildman–Crippen MR) is 102 cm³/mol. The summed E-state index contributed by atoms with van der Waals surface area (Å²) < 4.78 is 27.1. The van der Waals surface area contributed by atoms with Gasteiger partial charge in [-0.05, 0) is 31.0 Å². The summed E-state index contributed by atoms with van der Waals surface area (Å²) in [6, 6.07) is 5.31. The molecule has 10 heteroatoms. The second-order valence-corrected chi connectivity index (χ2v) is 6.63. The molecule has 1 unspecified atom stereocenters. The van der Waals surface area contributed by atoms with E-state index in [1.807, 2.05) is 13.0 Å². The first-order chi connectivity index (χ1) is 13.7. The number of amides is 1. The molecule has 1 atom stereocenters. The molecule has 0 radical (unpaired) electrons. The first-order valence-electron chi connectivity index (χ1n) is 8.88. The Bertz CT molecular complexity index is 884. The molecule has 0 aliphatic heterocycles. The SMILES string of the molecule is C=CCC(CC(F)F)C(=O)N(CC(=O)O)Cc1cn(-c2ccc(C)c(N)c2)nn1. The zero-order valence-corrected chi connectivity index (χ0v) is 16.0. The van der Waals surface area contributed by atoms with Crippen molar-refractivity contribution in [3.63, 3.8) is 0 Å². The summed E-state index contributed by atoms with van der Waals surface area (Å²) in [5, 5.41) is 17.1. The normalized spacial score (nSPS) is 12.0. The van der Waals surface area contributed by atoms with E-state index < -0.39 is 37.2 Å². The van der Waals surface area contributed by atoms with Crippen molar-refractivity contribution in [3.05, 3.63) is 48.3 Å². The minimum atomic E-state index is -2.69. The van der Waals surface area contributed by atoms with Crippen molar-refractivity contribution in [2.24, 2.45) is 5.92 Å². The van der Waals surface area contributed by atoms with Gasteiger partial charge in [-0.25, -0.2) is 13.5 Å². The zero-order valence-electron chi connectivity index (χ0n) is 16.0. The Morgan fingerprint density at radius 1 is 1.41 bits per heavy atom. The molecule has 0 aliphatic rings. The van der Waals surface area contributed by atoms with E-state index in [1.54, 1.807) is 12.1 Å². The van der Waals surface area contributed by atoms with Crippen LogP contribution in [-0.2, 0) is 16.1 Å². The number of hydrogen-bond acceptors (Lipinski definition) is 5. The van der Waals surface area contributed by atoms with Crippen LogP contribution in [0.4, 0.5) is 14.5 Å². The van der Waals surface area contributed by atoms with Crippen LogP contribution in [0.1, 0.15) is 24.1 Å². The molecule has 0 aliphatic carbocycles. The highest BCUT2D eigenvalue weighted by Crippen LogP contribution is 2.20. The first-order valence-corrected chi connectivity index (χ1v) is 8.88. The number of carboxylic acid groups (broad SMARTS) is 1. The smallest absolute Gasteiger partial charge is 0.323 e. The number of aliphatic carboxylic acids is 1. The monoisotopic (exact) mass is 407 g/mol. The average Bonchev–Trinajstić information content (AvgIpc) is 3.10. The van der Waals surface area contributed by atoms with Gasteiger partial charge in [0, 0.05) is 18.0 Å². The number of rotatable bonds is 10. The highest BCUT2D eigenvalue weighted by atomic mass is 19.3. The van der Waals surface area contributed by atoms with Gasteiger partial charge in [0.05, 0.1) is 18.4 Å². The molecule has 1 aromatic heterocycles. The van der Waals surface area contributed by atoms with Gasteiger partial charge < -0.3 is 15.7 Å². The Kier molecular flexibility index (Phi) is 7.40. The molecule has 2 rings (SSSR count). The minimum Gasteiger partial charge on any atom is -0.480 e. The number of allylic oxidation sites excluding steroid dienone is 1. The minimum absolute atomic E-state index is 0.0224. The summed E-state index contributed by atoms with van der Waals surface area (Å²) in [6.45, 7) is 4.52. The molecular formula is C19H23F2N5O3. The summed E-state index contributed by atoms with van der Waals surface area (Å²) in [6.07, 6.45) is -0.446. The molecule has 8 nitrogen and oxygen atoms in total. The fourth-order valence-electron chi connectivity index (χ4n) is 2.81. The molecule has 3 N–H and O–H groups in total. The van der Waals surface area contributed by atoms with Crippen LogP contribution >= 0.6 is 0 Å². The van der Waals surface area contributed by atoms with E-state index in [4.69, 9.17) is 10.8 Å². The third-order valence-corrected chi connectivity index (χ3v) is 4.32. The highest BCUT2D eigenvalue weighted by Gasteiger charge is 2.28. The number of carboxylic acids is 1. The average molecular weight is 407 g/mol. The van der Waals surface area contributed by atoms with E-state index >= 15 is 0 Å². The number of halogens is 2. The summed E-state index contributed by atoms with van der Waals surface area (Å²) in [5.74, 6) is -3.01. The van der Waals surface area contributed by atoms with Crippen LogP contribution < -0.4 is 5.73 Å². The van der Waals surface area contributed by atoms with Gasteiger partial charge in [0.2, 0.25) is 12.3 Å². The van der Waals surface area contributed by atoms with Crippen molar-refractivity contribution < 1.29 is 23.5 Å². The second-order valence-electron chi connectivity index (χ2n) is 6.63. The number of alkyl halides is 2. The van der Waals surface area contributed by atoms with Crippen LogP contribution in [0.25, 0.3) is 5.69 Å². The molecule has 1 aromatic carbocycles. The molecule has 0 spiro atoms.